The number of cyclic esters (lactones) is 2. The molecule has 0 spiro atoms. The van der Waals surface area contributed by atoms with Crippen LogP contribution < -0.4 is 0 Å². The molecule has 0 aliphatic carbocycles. The largest absolute Gasteiger partial charge is 0.508 e. The Morgan fingerprint density at radius 2 is 1.61 bits per heavy atom. The van der Waals surface area contributed by atoms with Crippen LogP contribution in [0, 0.1) is 0 Å². The Labute approximate surface area is 143 Å². The van der Waals surface area contributed by atoms with Crippen LogP contribution in [0.5, 0.6) is 0 Å². The first kappa shape index (κ1) is 20.8. The van der Waals surface area contributed by atoms with E-state index in [1.54, 1.807) is 0 Å². The Morgan fingerprint density at radius 3 is 2.04 bits per heavy atom. The van der Waals surface area contributed by atoms with E-state index in [1.807, 2.05) is 0 Å². The van der Waals surface area contributed by atoms with Gasteiger partial charge in [0.05, 0.1) is 6.61 Å². The van der Waals surface area contributed by atoms with Crippen molar-refractivity contribution < 1.29 is 27.2 Å². The van der Waals surface area contributed by atoms with Gasteiger partial charge >= 0.3 is 14.7 Å². The Morgan fingerprint density at radius 1 is 1.04 bits per heavy atom. The summed E-state index contributed by atoms with van der Waals surface area (Å²) < 4.78 is 28.1. The molecule has 1 saturated heterocycles. The van der Waals surface area contributed by atoms with Gasteiger partial charge in [0.25, 0.3) is 0 Å². The van der Waals surface area contributed by atoms with Crippen LogP contribution in [0.1, 0.15) is 6.42 Å². The minimum Gasteiger partial charge on any atom is -0.437 e. The number of ether oxygens (including phenoxy) is 3. The molecule has 1 aliphatic rings. The highest BCUT2D eigenvalue weighted by atomic mass is 28.5. The van der Waals surface area contributed by atoms with E-state index in [-0.39, 0.29) is 12.7 Å². The Kier molecular flexibility index (Phi) is 7.48. The lowest BCUT2D eigenvalue weighted by Crippen LogP contribution is -2.52. The zero-order valence-electron chi connectivity index (χ0n) is 15.6. The smallest absolute Gasteiger partial charge is 0.437 e. The molecule has 0 amide bonds. The summed E-state index contributed by atoms with van der Waals surface area (Å²) in [6.45, 7) is 16.7. The summed E-state index contributed by atoms with van der Waals surface area (Å²) in [5.41, 5.74) is 0. The van der Waals surface area contributed by atoms with Crippen molar-refractivity contribution >= 4 is 31.4 Å². The molecule has 0 aromatic carbocycles. The highest BCUT2D eigenvalue weighted by Gasteiger charge is 2.39. The van der Waals surface area contributed by atoms with Gasteiger partial charge in [-0.05, 0) is 58.3 Å². The summed E-state index contributed by atoms with van der Waals surface area (Å²) >= 11 is 0. The number of hydrogen-bond donors (Lipinski definition) is 0. The van der Waals surface area contributed by atoms with E-state index < -0.39 is 31.4 Å². The minimum atomic E-state index is -2.18. The van der Waals surface area contributed by atoms with Crippen LogP contribution in [-0.4, -0.2) is 57.3 Å². The quantitative estimate of drug-likeness (QED) is 0.327. The number of hydrogen-bond acceptors (Lipinski definition) is 6. The molecule has 1 rings (SSSR count). The maximum atomic E-state index is 10.8. The van der Waals surface area contributed by atoms with Crippen molar-refractivity contribution in [2.75, 3.05) is 19.8 Å². The fourth-order valence-electron chi connectivity index (χ4n) is 2.58. The van der Waals surface area contributed by atoms with Gasteiger partial charge in [-0.3, -0.25) is 0 Å². The standard InChI is InChI=1S/C14H32O6Si3/c1-21(2,3)19-23(7,20-22(4,5)6)10-8-9-16-11-13-12-17-14(15)18-13/h13H,8-12H2,1-7H3. The second kappa shape index (κ2) is 8.26. The van der Waals surface area contributed by atoms with Gasteiger partial charge in [-0.25, -0.2) is 4.79 Å². The van der Waals surface area contributed by atoms with Crippen molar-refractivity contribution in [3.63, 3.8) is 0 Å². The van der Waals surface area contributed by atoms with Gasteiger partial charge in [0, 0.05) is 6.61 Å². The van der Waals surface area contributed by atoms with Crippen LogP contribution in [0.15, 0.2) is 0 Å². The molecule has 0 aromatic rings. The van der Waals surface area contributed by atoms with E-state index in [4.69, 9.17) is 22.4 Å². The van der Waals surface area contributed by atoms with Crippen molar-refractivity contribution in [3.05, 3.63) is 0 Å². The molecule has 0 bridgehead atoms. The molecule has 1 atom stereocenters. The summed E-state index contributed by atoms with van der Waals surface area (Å²) in [6, 6.07) is 0.919. The molecular weight excluding hydrogens is 348 g/mol. The first-order valence-corrected chi connectivity index (χ1v) is 17.5. The second-order valence-electron chi connectivity index (χ2n) is 8.04. The Hall–Kier alpha value is -0.199. The lowest BCUT2D eigenvalue weighted by atomic mass is 10.4. The van der Waals surface area contributed by atoms with Gasteiger partial charge in [0.1, 0.15) is 6.61 Å². The molecule has 136 valence electrons. The van der Waals surface area contributed by atoms with E-state index >= 15 is 0 Å². The third kappa shape index (κ3) is 9.62. The average molecular weight is 381 g/mol. The molecule has 6 nitrogen and oxygen atoms in total. The molecule has 1 heterocycles. The maximum Gasteiger partial charge on any atom is 0.508 e. The van der Waals surface area contributed by atoms with Crippen LogP contribution in [0.25, 0.3) is 0 Å². The van der Waals surface area contributed by atoms with E-state index in [0.717, 1.165) is 12.5 Å². The van der Waals surface area contributed by atoms with Gasteiger partial charge in [-0.2, -0.15) is 0 Å². The SMILES string of the molecule is C[Si](C)(C)O[Si](C)(CCCOCC1COC(=O)O1)O[Si](C)(C)C. The van der Waals surface area contributed by atoms with E-state index in [9.17, 15) is 4.79 Å². The average Bonchev–Trinajstić information content (AvgIpc) is 2.69. The number of rotatable bonds is 10. The molecule has 0 aromatic heterocycles. The highest BCUT2D eigenvalue weighted by molar-refractivity contribution is 6.87. The molecule has 0 radical (unpaired) electrons. The predicted molar refractivity (Wildman–Crippen MR) is 96.9 cm³/mol. The zero-order chi connectivity index (χ0) is 17.7. The van der Waals surface area contributed by atoms with Gasteiger partial charge in [-0.1, -0.05) is 0 Å². The van der Waals surface area contributed by atoms with Crippen LogP contribution in [-0.2, 0) is 22.4 Å². The normalized spacial score (nSPS) is 19.6. The Balaban J connectivity index is 2.37. The molecule has 0 saturated carbocycles. The van der Waals surface area contributed by atoms with Crippen molar-refractivity contribution in [2.45, 2.75) is 64.4 Å². The van der Waals surface area contributed by atoms with E-state index in [2.05, 4.69) is 45.8 Å². The van der Waals surface area contributed by atoms with Crippen LogP contribution >= 0.6 is 0 Å². The van der Waals surface area contributed by atoms with Crippen LogP contribution in [0.3, 0.4) is 0 Å². The minimum absolute atomic E-state index is 0.275. The van der Waals surface area contributed by atoms with Crippen molar-refractivity contribution in [1.29, 1.82) is 0 Å². The van der Waals surface area contributed by atoms with Gasteiger partial charge in [0.15, 0.2) is 22.7 Å². The van der Waals surface area contributed by atoms with Gasteiger partial charge in [0.2, 0.25) is 0 Å². The first-order valence-electron chi connectivity index (χ1n) is 8.20. The monoisotopic (exact) mass is 380 g/mol. The number of carbonyl (C=O) groups is 1. The fraction of sp³-hybridized carbons (Fsp3) is 0.929. The molecule has 1 unspecified atom stereocenters. The van der Waals surface area contributed by atoms with E-state index in [0.29, 0.717) is 13.2 Å². The first-order chi connectivity index (χ1) is 10.4. The summed E-state index contributed by atoms with van der Waals surface area (Å²) in [6.07, 6.45) is 0.00685. The molecule has 0 N–H and O–H groups in total. The predicted octanol–water partition coefficient (Wildman–Crippen LogP) is 3.70. The lowest BCUT2D eigenvalue weighted by molar-refractivity contribution is 0.0458. The summed E-state index contributed by atoms with van der Waals surface area (Å²) in [7, 11) is -5.47. The van der Waals surface area contributed by atoms with Crippen molar-refractivity contribution in [1.82, 2.24) is 0 Å². The molecule has 1 fully saturated rings. The third-order valence-electron chi connectivity index (χ3n) is 2.92. The molecule has 9 heteroatoms. The maximum absolute atomic E-state index is 10.8. The third-order valence-corrected chi connectivity index (χ3v) is 12.5. The molecule has 1 aliphatic heterocycles. The fourth-order valence-corrected chi connectivity index (χ4v) is 15.1. The van der Waals surface area contributed by atoms with Crippen LogP contribution in [0.2, 0.25) is 51.9 Å². The summed E-state index contributed by atoms with van der Waals surface area (Å²) in [5.74, 6) is 0. The topological polar surface area (TPSA) is 63.2 Å². The highest BCUT2D eigenvalue weighted by Crippen LogP contribution is 2.25. The zero-order valence-corrected chi connectivity index (χ0v) is 18.6. The summed E-state index contributed by atoms with van der Waals surface area (Å²) in [4.78, 5) is 10.8. The van der Waals surface area contributed by atoms with Gasteiger partial charge in [-0.15, -0.1) is 0 Å². The molecule has 23 heavy (non-hydrogen) atoms. The van der Waals surface area contributed by atoms with Gasteiger partial charge < -0.3 is 22.4 Å². The summed E-state index contributed by atoms with van der Waals surface area (Å²) in [5, 5.41) is 0. The Bertz CT molecular complexity index is 375. The van der Waals surface area contributed by atoms with E-state index in [1.165, 1.54) is 0 Å². The second-order valence-corrected chi connectivity index (χ2v) is 20.9. The lowest BCUT2D eigenvalue weighted by Gasteiger charge is -2.38. The van der Waals surface area contributed by atoms with Crippen molar-refractivity contribution in [3.8, 4) is 0 Å². The molecular formula is C14H32O6Si3. The van der Waals surface area contributed by atoms with Crippen molar-refractivity contribution in [2.24, 2.45) is 0 Å². The number of carbonyl (C=O) groups excluding carboxylic acids is 1. The van der Waals surface area contributed by atoms with Crippen LogP contribution in [0.4, 0.5) is 4.79 Å².